The maximum absolute atomic E-state index is 15.1. The summed E-state index contributed by atoms with van der Waals surface area (Å²) in [6, 6.07) is -9.64. The van der Waals surface area contributed by atoms with Gasteiger partial charge in [-0.25, -0.2) is 52.8 Å². The zero-order valence-electron chi connectivity index (χ0n) is 33.3. The molecule has 27 heteroatoms. The van der Waals surface area contributed by atoms with Crippen molar-refractivity contribution in [2.75, 3.05) is 13.2 Å². The Morgan fingerprint density at radius 3 is 1.93 bits per heavy atom. The van der Waals surface area contributed by atoms with Gasteiger partial charge in [0.1, 0.15) is 16.6 Å². The Morgan fingerprint density at radius 2 is 1.40 bits per heavy atom. The fourth-order valence-electron chi connectivity index (χ4n) is 7.31. The number of hydrogen-bond acceptors (Lipinski definition) is 17. The first kappa shape index (κ1) is 47.6. The van der Waals surface area contributed by atoms with Crippen molar-refractivity contribution in [2.45, 2.75) is 139 Å². The standard InChI is InChI=1S/C33H43F7N6O14/c1-15(2)44(33(39,40)32(37,38)29(35,36)14-34)23(52)59-60-25(54)46-27(7)13-26(6,41)20(49)55-31(56-21(50)28(27,8)42)19(48)10-9-18(47)30(22(51)57-31)17(5)11-12-43(30)45(16(3)4)24(53)58-46/h15-17H,9-14,41-42H2,1-8H3/t17?,26-,27?,28+,30-,31?/m1/s1. The molecule has 60 heavy (non-hydrogen) atoms. The minimum absolute atomic E-state index is 0.0771. The molecule has 338 valence electrons. The number of hydroxylamine groups is 2. The quantitative estimate of drug-likeness (QED) is 0.0971. The number of halogens is 7. The van der Waals surface area contributed by atoms with Gasteiger partial charge in [-0.05, 0) is 60.8 Å². The summed E-state index contributed by atoms with van der Waals surface area (Å²) in [5.74, 6) is -25.3. The highest BCUT2D eigenvalue weighted by molar-refractivity contribution is 6.12. The van der Waals surface area contributed by atoms with E-state index in [4.69, 9.17) is 30.5 Å². The molecule has 4 fully saturated rings. The summed E-state index contributed by atoms with van der Waals surface area (Å²) in [5, 5.41) is 1.15. The molecule has 0 aromatic heterocycles. The Morgan fingerprint density at radius 1 is 0.867 bits per heavy atom. The third-order valence-electron chi connectivity index (χ3n) is 10.9. The van der Waals surface area contributed by atoms with E-state index >= 15 is 8.78 Å². The molecule has 4 aliphatic heterocycles. The highest BCUT2D eigenvalue weighted by atomic mass is 19.3. The van der Waals surface area contributed by atoms with Crippen LogP contribution in [-0.4, -0.2) is 139 Å². The second-order valence-electron chi connectivity index (χ2n) is 15.9. The number of nitrogens with two attached hydrogens (primary N) is 2. The Labute approximate surface area is 335 Å². The molecule has 3 bridgehead atoms. The van der Waals surface area contributed by atoms with E-state index in [1.165, 1.54) is 20.8 Å². The number of ether oxygens (including phenoxy) is 3. The molecule has 4 rings (SSSR count). The third kappa shape index (κ3) is 6.99. The van der Waals surface area contributed by atoms with Crippen LogP contribution in [0.4, 0.5) is 45.1 Å². The highest BCUT2D eigenvalue weighted by Gasteiger charge is 2.76. The zero-order valence-corrected chi connectivity index (χ0v) is 33.3. The Bertz CT molecular complexity index is 1850. The van der Waals surface area contributed by atoms with Gasteiger partial charge in [-0.15, -0.1) is 5.06 Å². The molecule has 4 heterocycles. The van der Waals surface area contributed by atoms with Crippen LogP contribution in [0, 0.1) is 5.92 Å². The topological polar surface area (TPSA) is 257 Å². The van der Waals surface area contributed by atoms with Gasteiger partial charge in [-0.3, -0.25) is 9.59 Å². The van der Waals surface area contributed by atoms with Crippen LogP contribution in [0.5, 0.6) is 0 Å². The van der Waals surface area contributed by atoms with Crippen molar-refractivity contribution in [3.8, 4) is 0 Å². The molecule has 3 amide bonds. The van der Waals surface area contributed by atoms with Gasteiger partial charge in [0.25, 0.3) is 5.78 Å². The smallest absolute Gasteiger partial charge is 0.380 e. The molecule has 0 aromatic rings. The summed E-state index contributed by atoms with van der Waals surface area (Å²) < 4.78 is 115. The van der Waals surface area contributed by atoms with E-state index in [2.05, 4.69) is 9.78 Å². The number of alkyl halides is 7. The first-order valence-corrected chi connectivity index (χ1v) is 18.0. The van der Waals surface area contributed by atoms with Crippen LogP contribution < -0.4 is 11.5 Å². The molecular weight excluding hydrogens is 837 g/mol. The number of amides is 3. The van der Waals surface area contributed by atoms with Gasteiger partial charge in [0.15, 0.2) is 18.0 Å². The number of hydrazine groups is 1. The Kier molecular flexibility index (Phi) is 12.0. The van der Waals surface area contributed by atoms with Crippen molar-refractivity contribution in [3.05, 3.63) is 0 Å². The number of hydrogen-bond donors (Lipinski definition) is 2. The summed E-state index contributed by atoms with van der Waals surface area (Å²) in [6.07, 6.45) is -9.97. The predicted molar refractivity (Wildman–Crippen MR) is 178 cm³/mol. The van der Waals surface area contributed by atoms with Gasteiger partial charge in [-0.1, -0.05) is 6.92 Å². The number of ketones is 2. The van der Waals surface area contributed by atoms with Crippen molar-refractivity contribution in [3.63, 3.8) is 0 Å². The SMILES string of the molecule is CC(C)N1C(=O)ON(C(=O)OOC(=O)N(C(C)C)C(F)(F)C(F)(F)C(F)(F)CF)C2(C)C[C@@](C)(N)C(=O)OC3(OC(=O)[C@]4(C(=O)CCC3=O)C(C)CCN14)OC(=O)[C@]2(C)N. The Balaban J connectivity index is 1.98. The number of fused-ring (bicyclic) bond motifs is 4. The van der Waals surface area contributed by atoms with Gasteiger partial charge in [-0.2, -0.15) is 31.4 Å². The molecule has 4 saturated heterocycles. The van der Waals surface area contributed by atoms with E-state index in [0.717, 1.165) is 25.8 Å². The van der Waals surface area contributed by atoms with E-state index in [9.17, 15) is 60.3 Å². The number of carbonyl (C=O) groups is 8. The summed E-state index contributed by atoms with van der Waals surface area (Å²) >= 11 is 0. The van der Waals surface area contributed by atoms with E-state index in [0.29, 0.717) is 18.9 Å². The van der Waals surface area contributed by atoms with Crippen LogP contribution in [-0.2, 0) is 52.8 Å². The minimum Gasteiger partial charge on any atom is -0.380 e. The lowest BCUT2D eigenvalue weighted by molar-refractivity contribution is -0.358. The lowest BCUT2D eigenvalue weighted by Crippen LogP contribution is -2.74. The molecule has 20 nitrogen and oxygen atoms in total. The molecule has 0 radical (unpaired) electrons. The zero-order chi connectivity index (χ0) is 46.1. The van der Waals surface area contributed by atoms with Crippen LogP contribution in [0.2, 0.25) is 0 Å². The monoisotopic (exact) mass is 880 g/mol. The van der Waals surface area contributed by atoms with Crippen LogP contribution in [0.3, 0.4) is 0 Å². The number of rotatable bonds is 6. The fourth-order valence-corrected chi connectivity index (χ4v) is 7.31. The summed E-state index contributed by atoms with van der Waals surface area (Å²) in [4.78, 5) is 124. The molecule has 4 N–H and O–H groups in total. The number of esters is 3. The van der Waals surface area contributed by atoms with E-state index in [1.807, 2.05) is 0 Å². The second-order valence-corrected chi connectivity index (χ2v) is 15.9. The van der Waals surface area contributed by atoms with Crippen LogP contribution >= 0.6 is 0 Å². The first-order chi connectivity index (χ1) is 27.2. The van der Waals surface area contributed by atoms with Crippen molar-refractivity contribution in [1.29, 1.82) is 0 Å². The van der Waals surface area contributed by atoms with Gasteiger partial charge in [0.05, 0.1) is 0 Å². The second kappa shape index (κ2) is 15.1. The maximum Gasteiger partial charge on any atom is 0.488 e. The average Bonchev–Trinajstić information content (AvgIpc) is 3.46. The average molecular weight is 881 g/mol. The summed E-state index contributed by atoms with van der Waals surface area (Å²) in [6.45, 7) is 3.86. The third-order valence-corrected chi connectivity index (χ3v) is 10.9. The summed E-state index contributed by atoms with van der Waals surface area (Å²) in [5.41, 5.74) is 1.59. The van der Waals surface area contributed by atoms with Gasteiger partial charge in [0.2, 0.25) is 0 Å². The molecular formula is C33H43F7N6O14. The number of Topliss-reactive ketones (excluding diaryl/α,β-unsaturated/α-hetero) is 2. The summed E-state index contributed by atoms with van der Waals surface area (Å²) in [7, 11) is 0. The van der Waals surface area contributed by atoms with Crippen molar-refractivity contribution in [1.82, 2.24) is 20.0 Å². The Hall–Kier alpha value is -5.05. The first-order valence-electron chi connectivity index (χ1n) is 18.0. The highest BCUT2D eigenvalue weighted by Crippen LogP contribution is 2.49. The molecule has 3 unspecified atom stereocenters. The maximum atomic E-state index is 15.1. The molecule has 0 aliphatic carbocycles. The van der Waals surface area contributed by atoms with Crippen LogP contribution in [0.15, 0.2) is 0 Å². The molecule has 0 saturated carbocycles. The van der Waals surface area contributed by atoms with Crippen LogP contribution in [0.25, 0.3) is 0 Å². The predicted octanol–water partition coefficient (Wildman–Crippen LogP) is 2.60. The lowest BCUT2D eigenvalue weighted by atomic mass is 9.72. The largest absolute Gasteiger partial charge is 0.488 e. The van der Waals surface area contributed by atoms with Gasteiger partial charge in [0, 0.05) is 37.9 Å². The van der Waals surface area contributed by atoms with Crippen LogP contribution in [0.1, 0.15) is 81.1 Å². The van der Waals surface area contributed by atoms with Gasteiger partial charge < -0.3 is 30.5 Å². The molecule has 0 aromatic carbocycles. The molecule has 2 spiro atoms. The minimum atomic E-state index is -6.62. The lowest BCUT2D eigenvalue weighted by Gasteiger charge is -2.49. The number of nitrogens with zero attached hydrogens (tertiary/aromatic N) is 4. The molecule has 6 atom stereocenters. The number of carbonyl (C=O) groups excluding carboxylic acids is 8. The van der Waals surface area contributed by atoms with E-state index in [-0.39, 0.29) is 18.0 Å². The van der Waals surface area contributed by atoms with E-state index < -0.39 is 143 Å². The molecule has 4 aliphatic rings. The fraction of sp³-hybridized carbons (Fsp3) is 0.758. The van der Waals surface area contributed by atoms with Crippen molar-refractivity contribution >= 4 is 47.8 Å². The van der Waals surface area contributed by atoms with Crippen molar-refractivity contribution in [2.24, 2.45) is 17.4 Å². The van der Waals surface area contributed by atoms with Crippen molar-refractivity contribution < 1.29 is 97.9 Å². The normalized spacial score (nSPS) is 32.4. The van der Waals surface area contributed by atoms with Gasteiger partial charge >= 0.3 is 60.1 Å². The van der Waals surface area contributed by atoms with E-state index in [1.54, 1.807) is 0 Å².